The van der Waals surface area contributed by atoms with Gasteiger partial charge in [-0.3, -0.25) is 0 Å². The van der Waals surface area contributed by atoms with Gasteiger partial charge in [-0.15, -0.1) is 0 Å². The molecule has 0 bridgehead atoms. The van der Waals surface area contributed by atoms with Crippen molar-refractivity contribution in [3.05, 3.63) is 17.5 Å². The Bertz CT molecular complexity index is 664. The Morgan fingerprint density at radius 3 is 2.90 bits per heavy atom. The lowest BCUT2D eigenvalue weighted by Gasteiger charge is -2.18. The molecule has 1 saturated heterocycles. The Kier molecular flexibility index (Phi) is 3.72. The van der Waals surface area contributed by atoms with E-state index in [2.05, 4.69) is 9.97 Å². The Morgan fingerprint density at radius 1 is 1.52 bits per heavy atom. The zero-order valence-corrected chi connectivity index (χ0v) is 11.9. The highest BCUT2D eigenvalue weighted by atomic mass is 35.5. The number of hydrogen-bond acceptors (Lipinski definition) is 7. The third-order valence-electron chi connectivity index (χ3n) is 3.63. The zero-order chi connectivity index (χ0) is 15.1. The number of rotatable bonds is 3. The van der Waals surface area contributed by atoms with Gasteiger partial charge in [0.05, 0.1) is 17.0 Å². The van der Waals surface area contributed by atoms with Crippen LogP contribution in [0.15, 0.2) is 12.5 Å². The fourth-order valence-electron chi connectivity index (χ4n) is 2.64. The normalized spacial score (nSPS) is 29.3. The third-order valence-corrected chi connectivity index (χ3v) is 3.91. The summed E-state index contributed by atoms with van der Waals surface area (Å²) in [5.41, 5.74) is 6.24. The fourth-order valence-corrected chi connectivity index (χ4v) is 2.93. The van der Waals surface area contributed by atoms with Crippen LogP contribution < -0.4 is 5.73 Å². The predicted molar refractivity (Wildman–Crippen MR) is 74.8 cm³/mol. The second kappa shape index (κ2) is 5.39. The maximum atomic E-state index is 10.3. The molecular weight excluding hydrogens is 300 g/mol. The molecule has 3 heterocycles. The van der Waals surface area contributed by atoms with Gasteiger partial charge in [-0.2, -0.15) is 0 Å². The van der Waals surface area contributed by atoms with Gasteiger partial charge in [-0.1, -0.05) is 11.6 Å². The van der Waals surface area contributed by atoms with Crippen molar-refractivity contribution in [1.29, 1.82) is 0 Å². The molecule has 21 heavy (non-hydrogen) atoms. The third kappa shape index (κ3) is 2.16. The SMILES string of the molecule is CO[C@H]1[C@@H](O)[C@H](n2cc(Cl)c3c(N)ncnc32)O[C@@H]1CO. The van der Waals surface area contributed by atoms with E-state index in [-0.39, 0.29) is 12.4 Å². The van der Waals surface area contributed by atoms with Crippen LogP contribution in [-0.2, 0) is 9.47 Å². The number of aliphatic hydroxyl groups is 2. The van der Waals surface area contributed by atoms with Crippen LogP contribution in [-0.4, -0.2) is 56.8 Å². The molecule has 1 aliphatic heterocycles. The Labute approximate surface area is 125 Å². The number of nitrogens with zero attached hydrogens (tertiary/aromatic N) is 3. The molecule has 0 aromatic carbocycles. The van der Waals surface area contributed by atoms with Crippen molar-refractivity contribution in [2.45, 2.75) is 24.5 Å². The van der Waals surface area contributed by atoms with Gasteiger partial charge in [0.25, 0.3) is 0 Å². The van der Waals surface area contributed by atoms with Gasteiger partial charge in [0, 0.05) is 13.3 Å². The number of aromatic nitrogens is 3. The van der Waals surface area contributed by atoms with Crippen LogP contribution >= 0.6 is 11.6 Å². The van der Waals surface area contributed by atoms with Crippen LogP contribution in [0.3, 0.4) is 0 Å². The number of nitrogens with two attached hydrogens (primary N) is 1. The first-order valence-electron chi connectivity index (χ1n) is 6.32. The lowest BCUT2D eigenvalue weighted by atomic mass is 10.1. The second-order valence-electron chi connectivity index (χ2n) is 4.78. The largest absolute Gasteiger partial charge is 0.394 e. The van der Waals surface area contributed by atoms with Crippen LogP contribution in [0.4, 0.5) is 5.82 Å². The summed E-state index contributed by atoms with van der Waals surface area (Å²) < 4.78 is 12.4. The van der Waals surface area contributed by atoms with Gasteiger partial charge in [-0.05, 0) is 0 Å². The van der Waals surface area contributed by atoms with Crippen molar-refractivity contribution in [2.75, 3.05) is 19.5 Å². The minimum Gasteiger partial charge on any atom is -0.394 e. The molecule has 1 fully saturated rings. The first-order valence-corrected chi connectivity index (χ1v) is 6.70. The average Bonchev–Trinajstić information content (AvgIpc) is 2.97. The minimum absolute atomic E-state index is 0.248. The van der Waals surface area contributed by atoms with Crippen LogP contribution in [0.25, 0.3) is 11.0 Å². The molecule has 8 nitrogen and oxygen atoms in total. The van der Waals surface area contributed by atoms with E-state index in [0.717, 1.165) is 0 Å². The van der Waals surface area contributed by atoms with Crippen molar-refractivity contribution in [1.82, 2.24) is 14.5 Å². The number of fused-ring (bicyclic) bond motifs is 1. The number of anilines is 1. The van der Waals surface area contributed by atoms with Crippen molar-refractivity contribution in [3.8, 4) is 0 Å². The van der Waals surface area contributed by atoms with E-state index in [9.17, 15) is 10.2 Å². The van der Waals surface area contributed by atoms with Gasteiger partial charge in [0.15, 0.2) is 6.23 Å². The van der Waals surface area contributed by atoms with E-state index >= 15 is 0 Å². The maximum absolute atomic E-state index is 10.3. The first-order chi connectivity index (χ1) is 10.1. The zero-order valence-electron chi connectivity index (χ0n) is 11.2. The van der Waals surface area contributed by atoms with E-state index in [1.54, 1.807) is 10.8 Å². The van der Waals surface area contributed by atoms with Gasteiger partial charge < -0.3 is 30.0 Å². The van der Waals surface area contributed by atoms with Gasteiger partial charge in [0.2, 0.25) is 0 Å². The standard InChI is InChI=1S/C12H15ClN4O4/c1-20-9-6(3-18)21-12(8(9)19)17-2-5(13)7-10(14)15-4-16-11(7)17/h2,4,6,8-9,12,18-19H,3H2,1H3,(H2,14,15,16)/t6-,8-,9-,12-/m1/s1. The number of aliphatic hydroxyl groups excluding tert-OH is 2. The number of ether oxygens (including phenoxy) is 2. The molecule has 4 atom stereocenters. The highest BCUT2D eigenvalue weighted by Gasteiger charge is 2.45. The summed E-state index contributed by atoms with van der Waals surface area (Å²) in [6.07, 6.45) is -0.159. The second-order valence-corrected chi connectivity index (χ2v) is 5.19. The molecule has 0 aliphatic carbocycles. The molecule has 9 heteroatoms. The molecule has 2 aromatic heterocycles. The van der Waals surface area contributed by atoms with E-state index in [0.29, 0.717) is 16.1 Å². The first kappa shape index (κ1) is 14.5. The molecule has 0 amide bonds. The lowest BCUT2D eigenvalue weighted by molar-refractivity contribution is -0.0533. The fraction of sp³-hybridized carbons (Fsp3) is 0.500. The summed E-state index contributed by atoms with van der Waals surface area (Å²) in [5.74, 6) is 0.248. The summed E-state index contributed by atoms with van der Waals surface area (Å²) in [6, 6.07) is 0. The van der Waals surface area contributed by atoms with Gasteiger partial charge in [0.1, 0.15) is 36.1 Å². The molecule has 114 valence electrons. The quantitative estimate of drug-likeness (QED) is 0.726. The number of nitrogen functional groups attached to an aromatic ring is 1. The van der Waals surface area contributed by atoms with E-state index in [1.165, 1.54) is 13.4 Å². The Hall–Kier alpha value is -1.45. The van der Waals surface area contributed by atoms with E-state index < -0.39 is 24.5 Å². The monoisotopic (exact) mass is 314 g/mol. The summed E-state index contributed by atoms with van der Waals surface area (Å²) in [7, 11) is 1.45. The summed E-state index contributed by atoms with van der Waals surface area (Å²) in [5, 5.41) is 20.5. The summed E-state index contributed by atoms with van der Waals surface area (Å²) >= 11 is 6.15. The molecular formula is C12H15ClN4O4. The highest BCUT2D eigenvalue weighted by Crippen LogP contribution is 2.36. The number of hydrogen-bond donors (Lipinski definition) is 3. The average molecular weight is 315 g/mol. The number of methoxy groups -OCH3 is 1. The smallest absolute Gasteiger partial charge is 0.164 e. The Morgan fingerprint density at radius 2 is 2.29 bits per heavy atom. The topological polar surface area (TPSA) is 116 Å². The van der Waals surface area contributed by atoms with E-state index in [4.69, 9.17) is 26.8 Å². The minimum atomic E-state index is -0.977. The van der Waals surface area contributed by atoms with Gasteiger partial charge in [-0.25, -0.2) is 9.97 Å². The molecule has 0 saturated carbocycles. The van der Waals surface area contributed by atoms with E-state index in [1.807, 2.05) is 0 Å². The Balaban J connectivity index is 2.07. The maximum Gasteiger partial charge on any atom is 0.164 e. The van der Waals surface area contributed by atoms with Crippen molar-refractivity contribution in [3.63, 3.8) is 0 Å². The molecule has 0 unspecified atom stereocenters. The van der Waals surface area contributed by atoms with Crippen molar-refractivity contribution in [2.24, 2.45) is 0 Å². The molecule has 0 radical (unpaired) electrons. The highest BCUT2D eigenvalue weighted by molar-refractivity contribution is 6.36. The lowest BCUT2D eigenvalue weighted by Crippen LogP contribution is -2.35. The summed E-state index contributed by atoms with van der Waals surface area (Å²) in [6.45, 7) is -0.268. The number of halogens is 1. The van der Waals surface area contributed by atoms with Crippen LogP contribution in [0.5, 0.6) is 0 Å². The summed E-state index contributed by atoms with van der Waals surface area (Å²) in [4.78, 5) is 8.03. The molecule has 3 rings (SSSR count). The molecule has 2 aromatic rings. The van der Waals surface area contributed by atoms with Gasteiger partial charge >= 0.3 is 0 Å². The van der Waals surface area contributed by atoms with Crippen LogP contribution in [0, 0.1) is 0 Å². The molecule has 1 aliphatic rings. The van der Waals surface area contributed by atoms with Crippen molar-refractivity contribution < 1.29 is 19.7 Å². The van der Waals surface area contributed by atoms with Crippen LogP contribution in [0.1, 0.15) is 6.23 Å². The molecule has 4 N–H and O–H groups in total. The predicted octanol–water partition coefficient (Wildman–Crippen LogP) is -0.0675. The van der Waals surface area contributed by atoms with Crippen LogP contribution in [0.2, 0.25) is 5.02 Å². The van der Waals surface area contributed by atoms with Crippen molar-refractivity contribution >= 4 is 28.5 Å². The molecule has 0 spiro atoms.